The van der Waals surface area contributed by atoms with Gasteiger partial charge in [-0.3, -0.25) is 9.59 Å². The number of pyridine rings is 1. The number of terminal acetylenes is 1. The number of rotatable bonds is 4. The molecule has 0 saturated carbocycles. The SMILES string of the molecule is C#CCNC(=O)c1cccn(Cc2cccc(F)c2)c1=O. The van der Waals surface area contributed by atoms with E-state index in [-0.39, 0.29) is 24.5 Å². The molecular formula is C16H13FN2O2. The number of benzene rings is 1. The maximum atomic E-state index is 13.1. The summed E-state index contributed by atoms with van der Waals surface area (Å²) in [6.07, 6.45) is 6.60. The second-order valence-electron chi connectivity index (χ2n) is 4.37. The Morgan fingerprint density at radius 3 is 2.86 bits per heavy atom. The number of hydrogen-bond acceptors (Lipinski definition) is 2. The van der Waals surface area contributed by atoms with Crippen LogP contribution in [0.4, 0.5) is 4.39 Å². The number of aromatic nitrogens is 1. The summed E-state index contributed by atoms with van der Waals surface area (Å²) in [7, 11) is 0. The molecule has 1 amide bonds. The number of carbonyl (C=O) groups excluding carboxylic acids is 1. The molecule has 0 radical (unpaired) electrons. The maximum Gasteiger partial charge on any atom is 0.263 e. The van der Waals surface area contributed by atoms with Crippen molar-refractivity contribution in [2.45, 2.75) is 6.54 Å². The van der Waals surface area contributed by atoms with Crippen molar-refractivity contribution < 1.29 is 9.18 Å². The van der Waals surface area contributed by atoms with E-state index in [1.54, 1.807) is 24.4 Å². The van der Waals surface area contributed by atoms with Gasteiger partial charge in [-0.1, -0.05) is 18.1 Å². The van der Waals surface area contributed by atoms with Crippen molar-refractivity contribution in [3.63, 3.8) is 0 Å². The molecule has 1 aromatic heterocycles. The first-order valence-electron chi connectivity index (χ1n) is 6.27. The molecule has 0 saturated heterocycles. The molecule has 1 N–H and O–H groups in total. The molecule has 0 bridgehead atoms. The van der Waals surface area contributed by atoms with Crippen molar-refractivity contribution >= 4 is 5.91 Å². The van der Waals surface area contributed by atoms with Gasteiger partial charge in [0.15, 0.2) is 0 Å². The smallest absolute Gasteiger partial charge is 0.263 e. The summed E-state index contributed by atoms with van der Waals surface area (Å²) in [5.41, 5.74) is 0.193. The summed E-state index contributed by atoms with van der Waals surface area (Å²) >= 11 is 0. The van der Waals surface area contributed by atoms with Crippen LogP contribution >= 0.6 is 0 Å². The maximum absolute atomic E-state index is 13.1. The lowest BCUT2D eigenvalue weighted by molar-refractivity contribution is 0.0956. The van der Waals surface area contributed by atoms with Gasteiger partial charge in [0, 0.05) is 6.20 Å². The van der Waals surface area contributed by atoms with E-state index in [4.69, 9.17) is 6.42 Å². The topological polar surface area (TPSA) is 51.1 Å². The highest BCUT2D eigenvalue weighted by Gasteiger charge is 2.11. The zero-order valence-corrected chi connectivity index (χ0v) is 11.2. The second kappa shape index (κ2) is 6.53. The van der Waals surface area contributed by atoms with Crippen LogP contribution in [0.25, 0.3) is 0 Å². The van der Waals surface area contributed by atoms with Gasteiger partial charge in [-0.2, -0.15) is 0 Å². The van der Waals surface area contributed by atoms with Crippen molar-refractivity contribution in [2.75, 3.05) is 6.54 Å². The summed E-state index contributed by atoms with van der Waals surface area (Å²) in [5, 5.41) is 2.44. The number of nitrogens with zero attached hydrogens (tertiary/aromatic N) is 1. The van der Waals surface area contributed by atoms with Gasteiger partial charge in [0.25, 0.3) is 11.5 Å². The molecule has 0 spiro atoms. The lowest BCUT2D eigenvalue weighted by Crippen LogP contribution is -2.33. The van der Waals surface area contributed by atoms with Crippen LogP contribution in [-0.2, 0) is 6.54 Å². The Labute approximate surface area is 121 Å². The van der Waals surface area contributed by atoms with E-state index in [1.807, 2.05) is 0 Å². The molecule has 0 fully saturated rings. The van der Waals surface area contributed by atoms with Crippen molar-refractivity contribution in [2.24, 2.45) is 0 Å². The van der Waals surface area contributed by atoms with Crippen molar-refractivity contribution in [1.29, 1.82) is 0 Å². The molecule has 1 aromatic carbocycles. The fraction of sp³-hybridized carbons (Fsp3) is 0.125. The first-order valence-corrected chi connectivity index (χ1v) is 6.27. The summed E-state index contributed by atoms with van der Waals surface area (Å²) < 4.78 is 14.5. The molecule has 21 heavy (non-hydrogen) atoms. The average Bonchev–Trinajstić information content (AvgIpc) is 2.47. The monoisotopic (exact) mass is 284 g/mol. The minimum absolute atomic E-state index is 0.00385. The Kier molecular flexibility index (Phi) is 4.52. The van der Waals surface area contributed by atoms with Gasteiger partial charge < -0.3 is 9.88 Å². The molecule has 106 valence electrons. The summed E-state index contributed by atoms with van der Waals surface area (Å²) in [6.45, 7) is 0.240. The van der Waals surface area contributed by atoms with E-state index in [1.165, 1.54) is 22.8 Å². The van der Waals surface area contributed by atoms with Gasteiger partial charge in [-0.05, 0) is 29.8 Å². The largest absolute Gasteiger partial charge is 0.341 e. The Balaban J connectivity index is 2.28. The highest BCUT2D eigenvalue weighted by molar-refractivity contribution is 5.93. The second-order valence-corrected chi connectivity index (χ2v) is 4.37. The molecule has 0 unspecified atom stereocenters. The van der Waals surface area contributed by atoms with Gasteiger partial charge >= 0.3 is 0 Å². The fourth-order valence-electron chi connectivity index (χ4n) is 1.89. The average molecular weight is 284 g/mol. The zero-order valence-electron chi connectivity index (χ0n) is 11.2. The highest BCUT2D eigenvalue weighted by Crippen LogP contribution is 2.05. The van der Waals surface area contributed by atoms with Crippen molar-refractivity contribution in [3.8, 4) is 12.3 Å². The molecule has 0 aliphatic rings. The number of hydrogen-bond donors (Lipinski definition) is 1. The minimum Gasteiger partial charge on any atom is -0.341 e. The molecular weight excluding hydrogens is 271 g/mol. The number of halogens is 1. The highest BCUT2D eigenvalue weighted by atomic mass is 19.1. The first kappa shape index (κ1) is 14.5. The number of nitrogens with one attached hydrogen (secondary N) is 1. The quantitative estimate of drug-likeness (QED) is 0.863. The molecule has 2 aromatic rings. The van der Waals surface area contributed by atoms with Crippen LogP contribution < -0.4 is 10.9 Å². The molecule has 2 rings (SSSR count). The van der Waals surface area contributed by atoms with Gasteiger partial charge in [-0.15, -0.1) is 6.42 Å². The Bertz CT molecular complexity index is 759. The van der Waals surface area contributed by atoms with Gasteiger partial charge in [-0.25, -0.2) is 4.39 Å². The van der Waals surface area contributed by atoms with E-state index >= 15 is 0 Å². The fourth-order valence-corrected chi connectivity index (χ4v) is 1.89. The van der Waals surface area contributed by atoms with Crippen LogP contribution in [0.2, 0.25) is 0 Å². The number of carbonyl (C=O) groups is 1. The van der Waals surface area contributed by atoms with E-state index < -0.39 is 11.5 Å². The number of amides is 1. The lowest BCUT2D eigenvalue weighted by atomic mass is 10.2. The van der Waals surface area contributed by atoms with E-state index in [0.29, 0.717) is 5.56 Å². The van der Waals surface area contributed by atoms with Gasteiger partial charge in [0.05, 0.1) is 13.1 Å². The van der Waals surface area contributed by atoms with Crippen LogP contribution in [0, 0.1) is 18.2 Å². The summed E-state index contributed by atoms with van der Waals surface area (Å²) in [4.78, 5) is 24.0. The Hall–Kier alpha value is -2.87. The molecule has 0 atom stereocenters. The molecule has 1 heterocycles. The van der Waals surface area contributed by atoms with E-state index in [2.05, 4.69) is 11.2 Å². The van der Waals surface area contributed by atoms with Crippen LogP contribution in [-0.4, -0.2) is 17.0 Å². The Morgan fingerprint density at radius 1 is 1.33 bits per heavy atom. The van der Waals surface area contributed by atoms with Crippen LogP contribution in [0.5, 0.6) is 0 Å². The predicted octanol–water partition coefficient (Wildman–Crippen LogP) is 1.40. The minimum atomic E-state index is -0.522. The molecule has 4 nitrogen and oxygen atoms in total. The van der Waals surface area contributed by atoms with Gasteiger partial charge in [0.1, 0.15) is 11.4 Å². The standard InChI is InChI=1S/C16H13FN2O2/c1-2-8-18-15(20)14-7-4-9-19(16(14)21)11-12-5-3-6-13(17)10-12/h1,3-7,9-10H,8,11H2,(H,18,20). The normalized spacial score (nSPS) is 9.90. The molecule has 0 aliphatic heterocycles. The van der Waals surface area contributed by atoms with Crippen LogP contribution in [0.1, 0.15) is 15.9 Å². The third-order valence-corrected chi connectivity index (χ3v) is 2.86. The van der Waals surface area contributed by atoms with Crippen molar-refractivity contribution in [3.05, 3.63) is 69.9 Å². The Morgan fingerprint density at radius 2 is 2.14 bits per heavy atom. The molecule has 5 heteroatoms. The third-order valence-electron chi connectivity index (χ3n) is 2.86. The van der Waals surface area contributed by atoms with Crippen LogP contribution in [0.3, 0.4) is 0 Å². The van der Waals surface area contributed by atoms with E-state index in [9.17, 15) is 14.0 Å². The van der Waals surface area contributed by atoms with Crippen molar-refractivity contribution in [1.82, 2.24) is 9.88 Å². The zero-order chi connectivity index (χ0) is 15.2. The lowest BCUT2D eigenvalue weighted by Gasteiger charge is -2.08. The van der Waals surface area contributed by atoms with Gasteiger partial charge in [0.2, 0.25) is 0 Å². The van der Waals surface area contributed by atoms with E-state index in [0.717, 1.165) is 0 Å². The van der Waals surface area contributed by atoms with Crippen LogP contribution in [0.15, 0.2) is 47.4 Å². The molecule has 0 aliphatic carbocycles. The summed E-state index contributed by atoms with van der Waals surface area (Å²) in [5.74, 6) is 1.37. The first-order chi connectivity index (χ1) is 10.1. The summed E-state index contributed by atoms with van der Waals surface area (Å²) in [6, 6.07) is 8.97. The third kappa shape index (κ3) is 3.57. The predicted molar refractivity (Wildman–Crippen MR) is 77.4 cm³/mol.